The second-order valence-electron chi connectivity index (χ2n) is 4.13. The minimum absolute atomic E-state index is 0.687. The number of nitrogens with two attached hydrogens (primary N) is 1. The average molecular weight is 287 g/mol. The lowest BCUT2D eigenvalue weighted by Crippen LogP contribution is -1.85. The molecule has 1 heterocycles. The van der Waals surface area contributed by atoms with E-state index in [4.69, 9.17) is 17.3 Å². The Bertz CT molecular complexity index is 729. The number of rotatable bonds is 2. The Labute approximate surface area is 120 Å². The van der Waals surface area contributed by atoms with Crippen molar-refractivity contribution < 1.29 is 0 Å². The Morgan fingerprint density at radius 3 is 2.79 bits per heavy atom. The van der Waals surface area contributed by atoms with E-state index < -0.39 is 0 Å². The van der Waals surface area contributed by atoms with E-state index in [2.05, 4.69) is 11.1 Å². The van der Waals surface area contributed by atoms with E-state index in [9.17, 15) is 0 Å². The van der Waals surface area contributed by atoms with Crippen LogP contribution in [0.15, 0.2) is 42.5 Å². The van der Waals surface area contributed by atoms with Crippen molar-refractivity contribution in [2.45, 2.75) is 0 Å². The summed E-state index contributed by atoms with van der Waals surface area (Å²) in [5.41, 5.74) is 8.38. The van der Waals surface area contributed by atoms with Crippen LogP contribution in [0.5, 0.6) is 0 Å². The number of fused-ring (bicyclic) bond motifs is 1. The molecule has 0 saturated carbocycles. The fourth-order valence-electron chi connectivity index (χ4n) is 1.81. The lowest BCUT2D eigenvalue weighted by molar-refractivity contribution is 1.46. The molecule has 2 aromatic carbocycles. The first-order valence-electron chi connectivity index (χ1n) is 5.81. The number of halogens is 1. The average Bonchev–Trinajstić information content (AvgIpc) is 2.82. The fourth-order valence-corrected chi connectivity index (χ4v) is 2.86. The van der Waals surface area contributed by atoms with Gasteiger partial charge >= 0.3 is 0 Å². The van der Waals surface area contributed by atoms with Gasteiger partial charge in [-0.05, 0) is 42.0 Å². The van der Waals surface area contributed by atoms with Crippen molar-refractivity contribution in [1.29, 1.82) is 0 Å². The SMILES string of the molecule is Nc1ccc(Cl)c(/C=C/c2nc3ccccc3s2)c1. The Morgan fingerprint density at radius 1 is 1.11 bits per heavy atom. The first-order chi connectivity index (χ1) is 9.22. The number of thiazole rings is 1. The number of aromatic nitrogens is 1. The van der Waals surface area contributed by atoms with Gasteiger partial charge in [0.2, 0.25) is 0 Å². The van der Waals surface area contributed by atoms with Gasteiger partial charge in [0.25, 0.3) is 0 Å². The van der Waals surface area contributed by atoms with E-state index >= 15 is 0 Å². The van der Waals surface area contributed by atoms with Gasteiger partial charge in [-0.25, -0.2) is 4.98 Å². The van der Waals surface area contributed by atoms with E-state index in [1.54, 1.807) is 23.5 Å². The van der Waals surface area contributed by atoms with Crippen LogP contribution in [-0.2, 0) is 0 Å². The molecule has 0 fully saturated rings. The van der Waals surface area contributed by atoms with E-state index in [-0.39, 0.29) is 0 Å². The highest BCUT2D eigenvalue weighted by Gasteiger charge is 2.01. The van der Waals surface area contributed by atoms with E-state index in [1.165, 1.54) is 4.70 Å². The highest BCUT2D eigenvalue weighted by molar-refractivity contribution is 7.19. The number of hydrogen-bond donors (Lipinski definition) is 1. The number of anilines is 1. The highest BCUT2D eigenvalue weighted by atomic mass is 35.5. The van der Waals surface area contributed by atoms with Gasteiger partial charge in [0.15, 0.2) is 0 Å². The Hall–Kier alpha value is -1.84. The van der Waals surface area contributed by atoms with Crippen LogP contribution in [0.2, 0.25) is 5.02 Å². The summed E-state index contributed by atoms with van der Waals surface area (Å²) in [6, 6.07) is 13.5. The van der Waals surface area contributed by atoms with Gasteiger partial charge in [-0.2, -0.15) is 0 Å². The minimum Gasteiger partial charge on any atom is -0.399 e. The van der Waals surface area contributed by atoms with Gasteiger partial charge in [0.05, 0.1) is 10.2 Å². The topological polar surface area (TPSA) is 38.9 Å². The van der Waals surface area contributed by atoms with Gasteiger partial charge in [-0.15, -0.1) is 11.3 Å². The Kier molecular flexibility index (Phi) is 3.23. The van der Waals surface area contributed by atoms with Crippen LogP contribution in [0.4, 0.5) is 5.69 Å². The van der Waals surface area contributed by atoms with E-state index in [1.807, 2.05) is 36.4 Å². The molecular formula is C15H11ClN2S. The summed E-state index contributed by atoms with van der Waals surface area (Å²) >= 11 is 7.77. The molecule has 4 heteroatoms. The van der Waals surface area contributed by atoms with Crippen molar-refractivity contribution in [3.05, 3.63) is 58.1 Å². The molecule has 0 spiro atoms. The zero-order chi connectivity index (χ0) is 13.2. The maximum Gasteiger partial charge on any atom is 0.117 e. The van der Waals surface area contributed by atoms with Gasteiger partial charge in [-0.3, -0.25) is 0 Å². The van der Waals surface area contributed by atoms with Gasteiger partial charge in [0.1, 0.15) is 5.01 Å². The summed E-state index contributed by atoms with van der Waals surface area (Å²) in [4.78, 5) is 4.54. The van der Waals surface area contributed by atoms with E-state index in [0.717, 1.165) is 16.1 Å². The van der Waals surface area contributed by atoms with Crippen LogP contribution in [0.25, 0.3) is 22.4 Å². The predicted molar refractivity (Wildman–Crippen MR) is 84.4 cm³/mol. The molecule has 0 radical (unpaired) electrons. The zero-order valence-corrected chi connectivity index (χ0v) is 11.6. The molecule has 3 rings (SSSR count). The van der Waals surface area contributed by atoms with Crippen molar-refractivity contribution in [2.24, 2.45) is 0 Å². The summed E-state index contributed by atoms with van der Waals surface area (Å²) in [6.07, 6.45) is 3.90. The van der Waals surface area contributed by atoms with Crippen LogP contribution >= 0.6 is 22.9 Å². The summed E-state index contributed by atoms with van der Waals surface area (Å²) < 4.78 is 1.18. The molecule has 2 N–H and O–H groups in total. The largest absolute Gasteiger partial charge is 0.399 e. The lowest BCUT2D eigenvalue weighted by atomic mass is 10.2. The van der Waals surface area contributed by atoms with Crippen molar-refractivity contribution in [2.75, 3.05) is 5.73 Å². The maximum atomic E-state index is 6.12. The molecular weight excluding hydrogens is 276 g/mol. The van der Waals surface area contributed by atoms with Crippen LogP contribution in [0.3, 0.4) is 0 Å². The number of para-hydroxylation sites is 1. The Morgan fingerprint density at radius 2 is 1.95 bits per heavy atom. The molecule has 0 saturated heterocycles. The Balaban J connectivity index is 1.95. The second-order valence-corrected chi connectivity index (χ2v) is 5.60. The smallest absolute Gasteiger partial charge is 0.117 e. The summed E-state index contributed by atoms with van der Waals surface area (Å²) in [6.45, 7) is 0. The molecule has 0 atom stereocenters. The zero-order valence-electron chi connectivity index (χ0n) is 10.0. The second kappa shape index (κ2) is 5.03. The quantitative estimate of drug-likeness (QED) is 0.693. The first-order valence-corrected chi connectivity index (χ1v) is 7.00. The number of nitrogen functional groups attached to an aromatic ring is 1. The maximum absolute atomic E-state index is 6.12. The van der Waals surface area contributed by atoms with Crippen LogP contribution in [-0.4, -0.2) is 4.98 Å². The van der Waals surface area contributed by atoms with Crippen molar-refractivity contribution >= 4 is 51.0 Å². The van der Waals surface area contributed by atoms with Gasteiger partial charge in [0, 0.05) is 10.7 Å². The number of hydrogen-bond acceptors (Lipinski definition) is 3. The minimum atomic E-state index is 0.687. The molecule has 19 heavy (non-hydrogen) atoms. The molecule has 2 nitrogen and oxygen atoms in total. The molecule has 0 aliphatic heterocycles. The van der Waals surface area contributed by atoms with E-state index in [0.29, 0.717) is 10.7 Å². The van der Waals surface area contributed by atoms with Crippen molar-refractivity contribution in [1.82, 2.24) is 4.98 Å². The molecule has 0 aliphatic rings. The number of benzene rings is 2. The summed E-state index contributed by atoms with van der Waals surface area (Å²) in [5, 5.41) is 1.64. The molecule has 3 aromatic rings. The molecule has 0 unspecified atom stereocenters. The molecule has 0 amide bonds. The monoisotopic (exact) mass is 286 g/mol. The molecule has 0 aliphatic carbocycles. The van der Waals surface area contributed by atoms with Gasteiger partial charge < -0.3 is 5.73 Å². The third-order valence-electron chi connectivity index (χ3n) is 2.74. The van der Waals surface area contributed by atoms with Crippen molar-refractivity contribution in [3.8, 4) is 0 Å². The normalized spacial score (nSPS) is 11.4. The van der Waals surface area contributed by atoms with Crippen LogP contribution in [0, 0.1) is 0 Å². The van der Waals surface area contributed by atoms with Crippen molar-refractivity contribution in [3.63, 3.8) is 0 Å². The molecule has 94 valence electrons. The predicted octanol–water partition coefficient (Wildman–Crippen LogP) is 4.70. The number of nitrogens with zero attached hydrogens (tertiary/aromatic N) is 1. The summed E-state index contributed by atoms with van der Waals surface area (Å²) in [5.74, 6) is 0. The molecule has 1 aromatic heterocycles. The third-order valence-corrected chi connectivity index (χ3v) is 4.08. The third kappa shape index (κ3) is 2.62. The van der Waals surface area contributed by atoms with Crippen LogP contribution in [0.1, 0.15) is 10.6 Å². The van der Waals surface area contributed by atoms with Crippen LogP contribution < -0.4 is 5.73 Å². The first kappa shape index (κ1) is 12.2. The fraction of sp³-hybridized carbons (Fsp3) is 0. The van der Waals surface area contributed by atoms with Gasteiger partial charge in [-0.1, -0.05) is 29.8 Å². The lowest BCUT2D eigenvalue weighted by Gasteiger charge is -1.99. The standard InChI is InChI=1S/C15H11ClN2S/c16-12-7-6-11(17)9-10(12)5-8-15-18-13-3-1-2-4-14(13)19-15/h1-9H,17H2/b8-5+. The highest BCUT2D eigenvalue weighted by Crippen LogP contribution is 2.25. The molecule has 0 bridgehead atoms. The summed E-state index contributed by atoms with van der Waals surface area (Å²) in [7, 11) is 0.